The van der Waals surface area contributed by atoms with Crippen LogP contribution in [-0.2, 0) is 25.8 Å². The highest BCUT2D eigenvalue weighted by Crippen LogP contribution is 2.45. The fourth-order valence-electron chi connectivity index (χ4n) is 5.18. The number of aliphatic hydroxyl groups is 1. The van der Waals surface area contributed by atoms with E-state index in [0.717, 1.165) is 10.0 Å². The molecule has 0 aromatic heterocycles. The molecule has 12 heteroatoms. The lowest BCUT2D eigenvalue weighted by atomic mass is 9.85. The Labute approximate surface area is 291 Å². The van der Waals surface area contributed by atoms with Crippen molar-refractivity contribution in [2.75, 3.05) is 25.5 Å². The molecule has 4 aromatic carbocycles. The van der Waals surface area contributed by atoms with Crippen LogP contribution in [0.25, 0.3) is 0 Å². The van der Waals surface area contributed by atoms with Gasteiger partial charge in [-0.25, -0.2) is 18.8 Å². The number of amides is 1. The average molecular weight is 786 g/mol. The molecular weight excluding hydrogens is 750 g/mol. The molecule has 0 fully saturated rings. The number of nitrogens with zero attached hydrogens (tertiary/aromatic N) is 1. The van der Waals surface area contributed by atoms with E-state index in [4.69, 9.17) is 19.6 Å². The van der Waals surface area contributed by atoms with Gasteiger partial charge in [0.2, 0.25) is 5.90 Å². The van der Waals surface area contributed by atoms with E-state index in [0.29, 0.717) is 47.3 Å². The minimum Gasteiger partial charge on any atom is -0.494 e. The first kappa shape index (κ1) is 34.8. The van der Waals surface area contributed by atoms with Crippen molar-refractivity contribution in [3.05, 3.63) is 129 Å². The summed E-state index contributed by atoms with van der Waals surface area (Å²) in [6.07, 6.45) is 0.0514. The maximum atomic E-state index is 14.3. The number of aliphatic hydroxyl groups excluding tert-OH is 1. The van der Waals surface area contributed by atoms with Gasteiger partial charge in [-0.2, -0.15) is 0 Å². The summed E-state index contributed by atoms with van der Waals surface area (Å²) < 4.78 is 40.9. The predicted molar refractivity (Wildman–Crippen MR) is 188 cm³/mol. The summed E-state index contributed by atoms with van der Waals surface area (Å²) in [4.78, 5) is 19.4. The quantitative estimate of drug-likeness (QED) is 0.100. The molecule has 0 spiro atoms. The first-order chi connectivity index (χ1) is 22.7. The molecule has 2 atom stereocenters. The molecule has 5 rings (SSSR count). The SMILES string of the molecule is O=C(NNCCc1ccc(Br)cc1)[C@@]1(CCS(=O)(=O)c2ccccc2)N=C(c2ccc(OCCCO)cc2)O[C@H]1c1ccccc1Br. The zero-order valence-electron chi connectivity index (χ0n) is 25.4. The number of nitrogens with one attached hydrogen (secondary N) is 2. The fourth-order valence-corrected chi connectivity index (χ4v) is 7.32. The summed E-state index contributed by atoms with van der Waals surface area (Å²) in [6.45, 7) is 0.828. The van der Waals surface area contributed by atoms with Crippen LogP contribution in [-0.4, -0.2) is 56.4 Å². The van der Waals surface area contributed by atoms with Crippen LogP contribution in [0.2, 0.25) is 0 Å². The van der Waals surface area contributed by atoms with E-state index in [-0.39, 0.29) is 29.6 Å². The van der Waals surface area contributed by atoms with E-state index in [1.54, 1.807) is 54.6 Å². The Morgan fingerprint density at radius 3 is 2.34 bits per heavy atom. The van der Waals surface area contributed by atoms with Crippen LogP contribution in [0.1, 0.15) is 35.6 Å². The summed E-state index contributed by atoms with van der Waals surface area (Å²) in [5, 5.41) is 9.06. The monoisotopic (exact) mass is 783 g/mol. The number of sulfone groups is 1. The molecule has 3 N–H and O–H groups in total. The minimum atomic E-state index is -3.77. The van der Waals surface area contributed by atoms with Crippen molar-refractivity contribution >= 4 is 53.5 Å². The summed E-state index contributed by atoms with van der Waals surface area (Å²) in [5.74, 6) is -0.0515. The van der Waals surface area contributed by atoms with Crippen LogP contribution in [0.3, 0.4) is 0 Å². The minimum absolute atomic E-state index is 0.0302. The highest BCUT2D eigenvalue weighted by molar-refractivity contribution is 9.10. The lowest BCUT2D eigenvalue weighted by Gasteiger charge is -2.31. The van der Waals surface area contributed by atoms with E-state index < -0.39 is 27.4 Å². The van der Waals surface area contributed by atoms with Gasteiger partial charge in [0, 0.05) is 46.1 Å². The Morgan fingerprint density at radius 1 is 0.936 bits per heavy atom. The molecule has 0 unspecified atom stereocenters. The first-order valence-electron chi connectivity index (χ1n) is 15.1. The lowest BCUT2D eigenvalue weighted by Crippen LogP contribution is -2.53. The Morgan fingerprint density at radius 2 is 1.64 bits per heavy atom. The number of halogens is 2. The molecule has 246 valence electrons. The fraction of sp³-hybridized carbons (Fsp3) is 0.257. The lowest BCUT2D eigenvalue weighted by molar-refractivity contribution is -0.130. The molecule has 0 saturated heterocycles. The number of rotatable bonds is 15. The van der Waals surface area contributed by atoms with Gasteiger partial charge >= 0.3 is 0 Å². The number of aliphatic imine (C=N–C) groups is 1. The van der Waals surface area contributed by atoms with Gasteiger partial charge < -0.3 is 14.6 Å². The Bertz CT molecular complexity index is 1790. The highest BCUT2D eigenvalue weighted by Gasteiger charge is 2.54. The van der Waals surface area contributed by atoms with Crippen LogP contribution in [0.5, 0.6) is 5.75 Å². The van der Waals surface area contributed by atoms with Crippen LogP contribution in [0, 0.1) is 0 Å². The van der Waals surface area contributed by atoms with Crippen molar-refractivity contribution in [2.24, 2.45) is 4.99 Å². The summed E-state index contributed by atoms with van der Waals surface area (Å²) in [6, 6.07) is 30.5. The van der Waals surface area contributed by atoms with Gasteiger partial charge in [-0.15, -0.1) is 0 Å². The van der Waals surface area contributed by atoms with Crippen molar-refractivity contribution in [3.8, 4) is 5.75 Å². The first-order valence-corrected chi connectivity index (χ1v) is 18.4. The Balaban J connectivity index is 1.48. The van der Waals surface area contributed by atoms with E-state index in [1.165, 1.54) is 0 Å². The maximum Gasteiger partial charge on any atom is 0.266 e. The molecule has 9 nitrogen and oxygen atoms in total. The van der Waals surface area contributed by atoms with Gasteiger partial charge in [0.15, 0.2) is 21.5 Å². The molecule has 4 aromatic rings. The molecule has 0 saturated carbocycles. The molecule has 0 radical (unpaired) electrons. The largest absolute Gasteiger partial charge is 0.494 e. The van der Waals surface area contributed by atoms with E-state index in [9.17, 15) is 13.2 Å². The summed E-state index contributed by atoms with van der Waals surface area (Å²) >= 11 is 7.05. The topological polar surface area (TPSA) is 126 Å². The van der Waals surface area contributed by atoms with Crippen LogP contribution < -0.4 is 15.6 Å². The Kier molecular flexibility index (Phi) is 11.9. The molecule has 47 heavy (non-hydrogen) atoms. The van der Waals surface area contributed by atoms with Crippen molar-refractivity contribution in [2.45, 2.75) is 35.8 Å². The number of carbonyl (C=O) groups excluding carboxylic acids is 1. The Hall–Kier alpha value is -3.55. The van der Waals surface area contributed by atoms with Gasteiger partial charge in [-0.1, -0.05) is 80.4 Å². The number of hydrogen-bond donors (Lipinski definition) is 3. The standard InChI is InChI=1S/C35H35Br2N3O6S/c36-27-15-11-25(12-16-27)19-21-38-40-34(42)35(20-24-47(43,44)29-7-2-1-3-8-29)32(30-9-4-5-10-31(30)37)46-33(39-35)26-13-17-28(18-14-26)45-23-6-22-41/h1-5,7-18,32,38,41H,6,19-24H2,(H,40,42)/t32-,35-/m0/s1. The normalized spacial score (nSPS) is 17.5. The van der Waals surface area contributed by atoms with Gasteiger partial charge in [0.25, 0.3) is 5.91 Å². The van der Waals surface area contributed by atoms with E-state index in [1.807, 2.05) is 48.5 Å². The summed E-state index contributed by atoms with van der Waals surface area (Å²) in [5.41, 5.74) is 6.52. The van der Waals surface area contributed by atoms with Gasteiger partial charge in [0.1, 0.15) is 5.75 Å². The van der Waals surface area contributed by atoms with Gasteiger partial charge in [-0.3, -0.25) is 10.2 Å². The summed E-state index contributed by atoms with van der Waals surface area (Å²) in [7, 11) is -3.77. The molecule has 1 amide bonds. The van der Waals surface area contributed by atoms with Gasteiger partial charge in [0.05, 0.1) is 17.3 Å². The third-order valence-corrected chi connectivity index (χ3v) is 10.7. The van der Waals surface area contributed by atoms with Crippen LogP contribution in [0.4, 0.5) is 0 Å². The second-order valence-corrected chi connectivity index (χ2v) is 14.8. The molecule has 1 aliphatic heterocycles. The van der Waals surface area contributed by atoms with Crippen LogP contribution in [0.15, 0.2) is 122 Å². The van der Waals surface area contributed by atoms with Crippen molar-refractivity contribution in [3.63, 3.8) is 0 Å². The smallest absolute Gasteiger partial charge is 0.266 e. The number of carbonyl (C=O) groups is 1. The van der Waals surface area contributed by atoms with E-state index in [2.05, 4.69) is 42.7 Å². The molecule has 1 aliphatic rings. The molecule has 0 bridgehead atoms. The molecule has 1 heterocycles. The van der Waals surface area contributed by atoms with E-state index >= 15 is 0 Å². The predicted octanol–water partition coefficient (Wildman–Crippen LogP) is 5.96. The average Bonchev–Trinajstić information content (AvgIpc) is 3.48. The second kappa shape index (κ2) is 16.0. The zero-order chi connectivity index (χ0) is 33.3. The van der Waals surface area contributed by atoms with Gasteiger partial charge in [-0.05, 0) is 66.6 Å². The number of hydrogen-bond acceptors (Lipinski definition) is 8. The van der Waals surface area contributed by atoms with Crippen molar-refractivity contribution < 1.29 is 27.8 Å². The third-order valence-electron chi connectivity index (χ3n) is 7.73. The second-order valence-electron chi connectivity index (χ2n) is 10.9. The maximum absolute atomic E-state index is 14.3. The molecular formula is C35H35Br2N3O6S. The number of hydrazine groups is 1. The zero-order valence-corrected chi connectivity index (χ0v) is 29.4. The third kappa shape index (κ3) is 8.68. The number of benzene rings is 4. The van der Waals surface area contributed by atoms with Crippen LogP contribution >= 0.6 is 31.9 Å². The van der Waals surface area contributed by atoms with Crippen molar-refractivity contribution in [1.82, 2.24) is 10.9 Å². The van der Waals surface area contributed by atoms with Crippen molar-refractivity contribution in [1.29, 1.82) is 0 Å². The molecule has 0 aliphatic carbocycles. The number of ether oxygens (including phenoxy) is 2. The highest BCUT2D eigenvalue weighted by atomic mass is 79.9.